The lowest BCUT2D eigenvalue weighted by Crippen LogP contribution is -2.29. The predicted molar refractivity (Wildman–Crippen MR) is 104 cm³/mol. The topological polar surface area (TPSA) is 92.5 Å². The number of carbonyl (C=O) groups excluding carboxylic acids is 1. The fraction of sp³-hybridized carbons (Fsp3) is 0.250. The molecule has 0 saturated carbocycles. The highest BCUT2D eigenvalue weighted by Gasteiger charge is 2.19. The molecule has 7 nitrogen and oxygen atoms in total. The Kier molecular flexibility index (Phi) is 6.93. The van der Waals surface area contributed by atoms with Gasteiger partial charge in [-0.2, -0.15) is 0 Å². The van der Waals surface area contributed by atoms with Crippen LogP contribution in [0.5, 0.6) is 5.75 Å². The number of aryl methyl sites for hydroxylation is 1. The third-order valence-corrected chi connectivity index (χ3v) is 3.96. The monoisotopic (exact) mass is 369 g/mol. The smallest absolute Gasteiger partial charge is 0.273 e. The van der Waals surface area contributed by atoms with Crippen molar-refractivity contribution < 1.29 is 19.6 Å². The van der Waals surface area contributed by atoms with E-state index in [-0.39, 0.29) is 24.0 Å². The second-order valence-electron chi connectivity index (χ2n) is 5.80. The molecule has 0 saturated heterocycles. The van der Waals surface area contributed by atoms with Crippen molar-refractivity contribution in [2.75, 3.05) is 14.2 Å². The first-order valence-corrected chi connectivity index (χ1v) is 8.36. The molecule has 2 aromatic carbocycles. The number of hydrogen-bond donors (Lipinski definition) is 2. The second-order valence-corrected chi connectivity index (χ2v) is 5.80. The van der Waals surface area contributed by atoms with Gasteiger partial charge >= 0.3 is 0 Å². The summed E-state index contributed by atoms with van der Waals surface area (Å²) in [6.07, 6.45) is 0. The number of nitrogens with zero attached hydrogens (tertiary/aromatic N) is 2. The number of likely N-dealkylation sites (N-methyl/N-ethyl adjacent to an activating group) is 1. The van der Waals surface area contributed by atoms with E-state index < -0.39 is 0 Å². The minimum absolute atomic E-state index is 0.151. The van der Waals surface area contributed by atoms with E-state index >= 15 is 0 Å². The predicted octanol–water partition coefficient (Wildman–Crippen LogP) is 2.74. The normalized spacial score (nSPS) is 11.9. The van der Waals surface area contributed by atoms with Crippen LogP contribution in [0, 0.1) is 6.92 Å². The van der Waals surface area contributed by atoms with Gasteiger partial charge in [-0.25, -0.2) is 0 Å². The summed E-state index contributed by atoms with van der Waals surface area (Å²) < 4.78 is 0. The van der Waals surface area contributed by atoms with E-state index in [1.54, 1.807) is 31.2 Å². The summed E-state index contributed by atoms with van der Waals surface area (Å²) in [6.45, 7) is 3.86. The van der Waals surface area contributed by atoms with E-state index in [0.717, 1.165) is 16.7 Å². The number of benzene rings is 2. The molecule has 0 aromatic heterocycles. The third-order valence-electron chi connectivity index (χ3n) is 3.96. The van der Waals surface area contributed by atoms with Crippen LogP contribution in [0.15, 0.2) is 52.8 Å². The standard InChI is InChI=1S/C20H23N3O4/c1-13-7-5-10-17(19(23-26-4)20(25)21-3)18(13)12-27-22-14(2)15-8-6-9-16(24)11-15/h5-11,24H,12H2,1-4H3,(H,21,25)/b22-14+,23-19+. The number of amides is 1. The molecule has 1 amide bonds. The van der Waals surface area contributed by atoms with Gasteiger partial charge in [0.2, 0.25) is 0 Å². The summed E-state index contributed by atoms with van der Waals surface area (Å²) in [4.78, 5) is 22.5. The first-order chi connectivity index (χ1) is 13.0. The second kappa shape index (κ2) is 9.38. The van der Waals surface area contributed by atoms with Gasteiger partial charge in [-0.1, -0.05) is 40.6 Å². The zero-order chi connectivity index (χ0) is 19.8. The Hall–Kier alpha value is -3.35. The van der Waals surface area contributed by atoms with Crippen molar-refractivity contribution in [2.45, 2.75) is 20.5 Å². The zero-order valence-electron chi connectivity index (χ0n) is 15.8. The molecule has 7 heteroatoms. The first-order valence-electron chi connectivity index (χ1n) is 8.36. The molecule has 0 bridgehead atoms. The maximum absolute atomic E-state index is 12.2. The summed E-state index contributed by atoms with van der Waals surface area (Å²) in [5.74, 6) is -0.197. The average Bonchev–Trinajstić information content (AvgIpc) is 2.66. The molecule has 0 spiro atoms. The van der Waals surface area contributed by atoms with E-state index in [1.165, 1.54) is 14.2 Å². The van der Waals surface area contributed by atoms with Crippen molar-refractivity contribution in [3.63, 3.8) is 0 Å². The average molecular weight is 369 g/mol. The van der Waals surface area contributed by atoms with Crippen LogP contribution in [0.4, 0.5) is 0 Å². The maximum Gasteiger partial charge on any atom is 0.273 e. The van der Waals surface area contributed by atoms with Gasteiger partial charge in [-0.05, 0) is 31.5 Å². The van der Waals surface area contributed by atoms with Crippen LogP contribution < -0.4 is 5.32 Å². The number of rotatable bonds is 7. The molecule has 0 unspecified atom stereocenters. The molecule has 27 heavy (non-hydrogen) atoms. The third kappa shape index (κ3) is 5.07. The molecule has 2 aromatic rings. The Morgan fingerprint density at radius 3 is 2.59 bits per heavy atom. The highest BCUT2D eigenvalue weighted by atomic mass is 16.6. The maximum atomic E-state index is 12.2. The molecule has 0 fully saturated rings. The van der Waals surface area contributed by atoms with Crippen LogP contribution >= 0.6 is 0 Å². The van der Waals surface area contributed by atoms with Gasteiger partial charge in [0, 0.05) is 23.7 Å². The van der Waals surface area contributed by atoms with E-state index in [1.807, 2.05) is 25.1 Å². The molecule has 0 aliphatic carbocycles. The lowest BCUT2D eigenvalue weighted by molar-refractivity contribution is -0.114. The molecule has 0 aliphatic rings. The molecule has 0 radical (unpaired) electrons. The number of aromatic hydroxyl groups is 1. The highest BCUT2D eigenvalue weighted by Crippen LogP contribution is 2.18. The Balaban J connectivity index is 2.27. The molecular weight excluding hydrogens is 346 g/mol. The summed E-state index contributed by atoms with van der Waals surface area (Å²) in [7, 11) is 2.92. The first kappa shape index (κ1) is 20.0. The number of hydrogen-bond acceptors (Lipinski definition) is 6. The highest BCUT2D eigenvalue weighted by molar-refractivity contribution is 6.45. The fourth-order valence-electron chi connectivity index (χ4n) is 2.52. The van der Waals surface area contributed by atoms with Crippen molar-refractivity contribution in [2.24, 2.45) is 10.3 Å². The lowest BCUT2D eigenvalue weighted by Gasteiger charge is -2.13. The SMILES string of the molecule is CNC(=O)/C(=N/OC)c1cccc(C)c1CO/N=C(\C)c1cccc(O)c1. The molecule has 142 valence electrons. The molecule has 2 rings (SSSR count). The van der Waals surface area contributed by atoms with Crippen LogP contribution in [0.1, 0.15) is 29.2 Å². The van der Waals surface area contributed by atoms with Crippen molar-refractivity contribution >= 4 is 17.3 Å². The van der Waals surface area contributed by atoms with Crippen molar-refractivity contribution in [1.82, 2.24) is 5.32 Å². The van der Waals surface area contributed by atoms with Crippen molar-refractivity contribution in [3.05, 3.63) is 64.7 Å². The molecule has 0 aliphatic heterocycles. The van der Waals surface area contributed by atoms with Crippen molar-refractivity contribution in [3.8, 4) is 5.75 Å². The molecule has 2 N–H and O–H groups in total. The van der Waals surface area contributed by atoms with Crippen LogP contribution in [-0.2, 0) is 21.1 Å². The minimum Gasteiger partial charge on any atom is -0.508 e. The van der Waals surface area contributed by atoms with Crippen LogP contribution in [0.2, 0.25) is 0 Å². The van der Waals surface area contributed by atoms with Gasteiger partial charge in [-0.15, -0.1) is 0 Å². The number of nitrogens with one attached hydrogen (secondary N) is 1. The van der Waals surface area contributed by atoms with Crippen LogP contribution in [-0.4, -0.2) is 36.6 Å². The quantitative estimate of drug-likeness (QED) is 0.580. The Morgan fingerprint density at radius 1 is 1.19 bits per heavy atom. The van der Waals surface area contributed by atoms with E-state index in [2.05, 4.69) is 15.6 Å². The summed E-state index contributed by atoms with van der Waals surface area (Å²) in [5, 5.41) is 20.1. The summed E-state index contributed by atoms with van der Waals surface area (Å²) in [6, 6.07) is 12.3. The van der Waals surface area contributed by atoms with Gasteiger partial charge < -0.3 is 20.1 Å². The van der Waals surface area contributed by atoms with E-state index in [4.69, 9.17) is 9.68 Å². The van der Waals surface area contributed by atoms with Gasteiger partial charge in [0.05, 0.1) is 5.71 Å². The lowest BCUT2D eigenvalue weighted by atomic mass is 9.98. The van der Waals surface area contributed by atoms with Crippen molar-refractivity contribution in [1.29, 1.82) is 0 Å². The Morgan fingerprint density at radius 2 is 1.93 bits per heavy atom. The van der Waals surface area contributed by atoms with E-state index in [9.17, 15) is 9.90 Å². The zero-order valence-corrected chi connectivity index (χ0v) is 15.8. The van der Waals surface area contributed by atoms with Gasteiger partial charge in [0.25, 0.3) is 5.91 Å². The minimum atomic E-state index is -0.358. The molecule has 0 atom stereocenters. The number of carbonyl (C=O) groups is 1. The largest absolute Gasteiger partial charge is 0.508 e. The van der Waals surface area contributed by atoms with E-state index in [0.29, 0.717) is 11.3 Å². The summed E-state index contributed by atoms with van der Waals surface area (Å²) >= 11 is 0. The summed E-state index contributed by atoms with van der Waals surface area (Å²) in [5.41, 5.74) is 3.87. The van der Waals surface area contributed by atoms with Gasteiger partial charge in [0.15, 0.2) is 5.71 Å². The number of oxime groups is 2. The Bertz CT molecular complexity index is 875. The molecule has 0 heterocycles. The fourth-order valence-corrected chi connectivity index (χ4v) is 2.52. The molecular formula is C20H23N3O4. The number of phenols is 1. The van der Waals surface area contributed by atoms with Gasteiger partial charge in [0.1, 0.15) is 19.5 Å². The van der Waals surface area contributed by atoms with Crippen LogP contribution in [0.3, 0.4) is 0 Å². The Labute approximate surface area is 158 Å². The number of phenolic OH excluding ortho intramolecular Hbond substituents is 1. The van der Waals surface area contributed by atoms with Gasteiger partial charge in [-0.3, -0.25) is 4.79 Å². The van der Waals surface area contributed by atoms with Crippen LogP contribution in [0.25, 0.3) is 0 Å².